The molecule has 7 nitrogen and oxygen atoms in total. The Morgan fingerprint density at radius 2 is 1.75 bits per heavy atom. The first-order valence-electron chi connectivity index (χ1n) is 8.52. The molecular weight excluding hydrogens is 362 g/mol. The van der Waals surface area contributed by atoms with Crippen LogP contribution < -0.4 is 19.5 Å². The molecular formula is C21H23NO6. The van der Waals surface area contributed by atoms with Crippen LogP contribution in [0, 0.1) is 0 Å². The van der Waals surface area contributed by atoms with Crippen molar-refractivity contribution in [1.29, 1.82) is 0 Å². The monoisotopic (exact) mass is 385 g/mol. The number of ether oxygens (including phenoxy) is 4. The highest BCUT2D eigenvalue weighted by molar-refractivity contribution is 5.89. The SMILES string of the molecule is COc1cccc(C=CC(=O)OCC(=O)NCc2ccc(OC)c(OC)c2)c1. The lowest BCUT2D eigenvalue weighted by atomic mass is 10.2. The van der Waals surface area contributed by atoms with Gasteiger partial charge in [-0.3, -0.25) is 4.79 Å². The van der Waals surface area contributed by atoms with E-state index in [1.54, 1.807) is 51.7 Å². The van der Waals surface area contributed by atoms with Crippen LogP contribution in [0.3, 0.4) is 0 Å². The Morgan fingerprint density at radius 1 is 0.964 bits per heavy atom. The highest BCUT2D eigenvalue weighted by atomic mass is 16.5. The average molecular weight is 385 g/mol. The molecule has 2 aromatic rings. The molecule has 2 aromatic carbocycles. The normalized spacial score (nSPS) is 10.4. The Morgan fingerprint density at radius 3 is 2.46 bits per heavy atom. The van der Waals surface area contributed by atoms with Crippen molar-refractivity contribution < 1.29 is 28.5 Å². The standard InChI is InChI=1S/C21H23NO6/c1-25-17-6-4-5-15(11-17)8-10-21(24)28-14-20(23)22-13-16-7-9-18(26-2)19(12-16)27-3/h4-12H,13-14H2,1-3H3,(H,22,23). The summed E-state index contributed by atoms with van der Waals surface area (Å²) in [5, 5.41) is 2.68. The van der Waals surface area contributed by atoms with Crippen LogP contribution in [0.1, 0.15) is 11.1 Å². The first kappa shape index (κ1) is 20.8. The van der Waals surface area contributed by atoms with Gasteiger partial charge in [0.05, 0.1) is 21.3 Å². The summed E-state index contributed by atoms with van der Waals surface area (Å²) >= 11 is 0. The number of hydrogen-bond donors (Lipinski definition) is 1. The van der Waals surface area contributed by atoms with Gasteiger partial charge in [0.25, 0.3) is 5.91 Å². The number of carbonyl (C=O) groups is 2. The van der Waals surface area contributed by atoms with Crippen molar-refractivity contribution in [3.63, 3.8) is 0 Å². The van der Waals surface area contributed by atoms with E-state index in [0.717, 1.165) is 11.1 Å². The van der Waals surface area contributed by atoms with Crippen molar-refractivity contribution in [3.05, 3.63) is 59.7 Å². The number of nitrogens with one attached hydrogen (secondary N) is 1. The average Bonchev–Trinajstić information content (AvgIpc) is 2.74. The molecule has 28 heavy (non-hydrogen) atoms. The highest BCUT2D eigenvalue weighted by Gasteiger charge is 2.08. The quantitative estimate of drug-likeness (QED) is 0.528. The van der Waals surface area contributed by atoms with Crippen LogP contribution in [-0.2, 0) is 20.9 Å². The van der Waals surface area contributed by atoms with Gasteiger partial charge in [0, 0.05) is 12.6 Å². The molecule has 1 amide bonds. The fourth-order valence-corrected chi connectivity index (χ4v) is 2.34. The van der Waals surface area contributed by atoms with E-state index in [-0.39, 0.29) is 13.2 Å². The third-order valence-electron chi connectivity index (χ3n) is 3.79. The number of carbonyl (C=O) groups excluding carboxylic acids is 2. The minimum atomic E-state index is -0.607. The van der Waals surface area contributed by atoms with E-state index in [4.69, 9.17) is 18.9 Å². The highest BCUT2D eigenvalue weighted by Crippen LogP contribution is 2.27. The van der Waals surface area contributed by atoms with E-state index < -0.39 is 11.9 Å². The van der Waals surface area contributed by atoms with Gasteiger partial charge in [-0.05, 0) is 41.5 Å². The second-order valence-electron chi connectivity index (χ2n) is 5.68. The summed E-state index contributed by atoms with van der Waals surface area (Å²) in [5.74, 6) is 0.852. The van der Waals surface area contributed by atoms with E-state index in [1.807, 2.05) is 18.2 Å². The molecule has 0 heterocycles. The van der Waals surface area contributed by atoms with Crippen molar-refractivity contribution in [2.75, 3.05) is 27.9 Å². The Hall–Kier alpha value is -3.48. The number of rotatable bonds is 9. The first-order valence-corrected chi connectivity index (χ1v) is 8.52. The molecule has 148 valence electrons. The second kappa shape index (κ2) is 10.6. The van der Waals surface area contributed by atoms with Crippen molar-refractivity contribution >= 4 is 18.0 Å². The molecule has 0 aliphatic heterocycles. The Kier molecular flexibility index (Phi) is 7.90. The maximum absolute atomic E-state index is 11.9. The molecule has 0 fully saturated rings. The molecule has 0 bridgehead atoms. The van der Waals surface area contributed by atoms with E-state index in [0.29, 0.717) is 17.2 Å². The predicted molar refractivity (Wildman–Crippen MR) is 104 cm³/mol. The molecule has 7 heteroatoms. The largest absolute Gasteiger partial charge is 0.497 e. The van der Waals surface area contributed by atoms with Gasteiger partial charge in [0.15, 0.2) is 18.1 Å². The zero-order valence-electron chi connectivity index (χ0n) is 16.1. The lowest BCUT2D eigenvalue weighted by Crippen LogP contribution is -2.28. The van der Waals surface area contributed by atoms with Crippen LogP contribution in [0.5, 0.6) is 17.2 Å². The summed E-state index contributed by atoms with van der Waals surface area (Å²) in [4.78, 5) is 23.6. The second-order valence-corrected chi connectivity index (χ2v) is 5.68. The molecule has 0 saturated heterocycles. The molecule has 0 unspecified atom stereocenters. The summed E-state index contributed by atoms with van der Waals surface area (Å²) in [5.41, 5.74) is 1.62. The minimum absolute atomic E-state index is 0.274. The van der Waals surface area contributed by atoms with Crippen LogP contribution in [0.25, 0.3) is 6.08 Å². The third-order valence-corrected chi connectivity index (χ3v) is 3.79. The summed E-state index contributed by atoms with van der Waals surface area (Å²) in [6, 6.07) is 12.5. The molecule has 0 aliphatic rings. The first-order chi connectivity index (χ1) is 13.5. The van der Waals surface area contributed by atoms with E-state index >= 15 is 0 Å². The molecule has 0 saturated carbocycles. The lowest BCUT2D eigenvalue weighted by Gasteiger charge is -2.10. The Balaban J connectivity index is 1.78. The summed E-state index contributed by atoms with van der Waals surface area (Å²) < 4.78 is 20.4. The van der Waals surface area contributed by atoms with Gasteiger partial charge in [-0.1, -0.05) is 18.2 Å². The smallest absolute Gasteiger partial charge is 0.331 e. The van der Waals surface area contributed by atoms with E-state index in [1.165, 1.54) is 6.08 Å². The number of amides is 1. The Labute approximate surface area is 163 Å². The molecule has 0 spiro atoms. The zero-order chi connectivity index (χ0) is 20.4. The number of benzene rings is 2. The lowest BCUT2D eigenvalue weighted by molar-refractivity contribution is -0.143. The number of esters is 1. The fourth-order valence-electron chi connectivity index (χ4n) is 2.34. The van der Waals surface area contributed by atoms with Gasteiger partial charge in [0.1, 0.15) is 5.75 Å². The topological polar surface area (TPSA) is 83.1 Å². The minimum Gasteiger partial charge on any atom is -0.497 e. The van der Waals surface area contributed by atoms with Crippen molar-refractivity contribution in [2.45, 2.75) is 6.54 Å². The van der Waals surface area contributed by atoms with E-state index in [2.05, 4.69) is 5.32 Å². The van der Waals surface area contributed by atoms with Gasteiger partial charge in [-0.2, -0.15) is 0 Å². The molecule has 1 N–H and O–H groups in total. The van der Waals surface area contributed by atoms with Crippen LogP contribution in [-0.4, -0.2) is 39.8 Å². The fraction of sp³-hybridized carbons (Fsp3) is 0.238. The van der Waals surface area contributed by atoms with Crippen LogP contribution in [0.15, 0.2) is 48.5 Å². The summed E-state index contributed by atoms with van der Waals surface area (Å²) in [7, 11) is 4.66. The molecule has 0 radical (unpaired) electrons. The van der Waals surface area contributed by atoms with Crippen LogP contribution in [0.2, 0.25) is 0 Å². The summed E-state index contributed by atoms with van der Waals surface area (Å²) in [6.07, 6.45) is 2.85. The van der Waals surface area contributed by atoms with Crippen molar-refractivity contribution in [3.8, 4) is 17.2 Å². The van der Waals surface area contributed by atoms with E-state index in [9.17, 15) is 9.59 Å². The zero-order valence-corrected chi connectivity index (χ0v) is 16.1. The third kappa shape index (κ3) is 6.35. The van der Waals surface area contributed by atoms with Gasteiger partial charge in [-0.25, -0.2) is 4.79 Å². The van der Waals surface area contributed by atoms with Crippen LogP contribution in [0.4, 0.5) is 0 Å². The van der Waals surface area contributed by atoms with Gasteiger partial charge < -0.3 is 24.3 Å². The molecule has 0 aromatic heterocycles. The van der Waals surface area contributed by atoms with Crippen molar-refractivity contribution in [1.82, 2.24) is 5.32 Å². The maximum atomic E-state index is 11.9. The summed E-state index contributed by atoms with van der Waals surface area (Å²) in [6.45, 7) is -0.0923. The van der Waals surface area contributed by atoms with Gasteiger partial charge >= 0.3 is 5.97 Å². The van der Waals surface area contributed by atoms with Gasteiger partial charge in [0.2, 0.25) is 0 Å². The Bertz CT molecular complexity index is 847. The maximum Gasteiger partial charge on any atom is 0.331 e. The van der Waals surface area contributed by atoms with Gasteiger partial charge in [-0.15, -0.1) is 0 Å². The molecule has 2 rings (SSSR count). The predicted octanol–water partition coefficient (Wildman–Crippen LogP) is 2.59. The number of methoxy groups -OCH3 is 3. The molecule has 0 aliphatic carbocycles. The molecule has 0 atom stereocenters. The van der Waals surface area contributed by atoms with Crippen LogP contribution >= 0.6 is 0 Å². The van der Waals surface area contributed by atoms with Crippen molar-refractivity contribution in [2.24, 2.45) is 0 Å². The number of hydrogen-bond acceptors (Lipinski definition) is 6.